The van der Waals surface area contributed by atoms with E-state index in [2.05, 4.69) is 15.8 Å². The van der Waals surface area contributed by atoms with Crippen LogP contribution in [0.5, 0.6) is 5.75 Å². The van der Waals surface area contributed by atoms with Gasteiger partial charge in [-0.3, -0.25) is 5.43 Å². The quantitative estimate of drug-likeness (QED) is 0.495. The van der Waals surface area contributed by atoms with E-state index in [0.29, 0.717) is 11.4 Å². The van der Waals surface area contributed by atoms with Crippen LogP contribution in [0, 0.1) is 0 Å². The molecule has 0 amide bonds. The minimum atomic E-state index is -4.36. The molecule has 0 unspecified atom stereocenters. The molecule has 2 N–H and O–H groups in total. The number of benzene rings is 2. The summed E-state index contributed by atoms with van der Waals surface area (Å²) >= 11 is 5.03. The van der Waals surface area contributed by atoms with Gasteiger partial charge in [-0.2, -0.15) is 18.3 Å². The highest BCUT2D eigenvalue weighted by atomic mass is 32.1. The van der Waals surface area contributed by atoms with Crippen LogP contribution in [0.2, 0.25) is 0 Å². The average Bonchev–Trinajstić information content (AvgIpc) is 2.55. The van der Waals surface area contributed by atoms with Crippen molar-refractivity contribution in [1.29, 1.82) is 0 Å². The zero-order chi connectivity index (χ0) is 17.6. The summed E-state index contributed by atoms with van der Waals surface area (Å²) in [5.74, 6) is 0.657. The third kappa shape index (κ3) is 4.95. The second kappa shape index (κ2) is 7.78. The fourth-order valence-electron chi connectivity index (χ4n) is 1.84. The fraction of sp³-hybridized carbons (Fsp3) is 0.125. The maximum absolute atomic E-state index is 12.5. The van der Waals surface area contributed by atoms with E-state index in [4.69, 9.17) is 17.0 Å². The molecule has 0 aliphatic rings. The Labute approximate surface area is 142 Å². The molecule has 0 fully saturated rings. The number of nitrogens with zero attached hydrogens (tertiary/aromatic N) is 1. The molecule has 8 heteroatoms. The van der Waals surface area contributed by atoms with Gasteiger partial charge in [-0.05, 0) is 48.6 Å². The van der Waals surface area contributed by atoms with E-state index < -0.39 is 11.7 Å². The van der Waals surface area contributed by atoms with Crippen LogP contribution in [0.4, 0.5) is 18.9 Å². The molecular formula is C16H14F3N3OS. The lowest BCUT2D eigenvalue weighted by molar-refractivity contribution is -0.137. The number of para-hydroxylation sites is 1. The highest BCUT2D eigenvalue weighted by Gasteiger charge is 2.29. The van der Waals surface area contributed by atoms with E-state index in [1.807, 2.05) is 18.2 Å². The van der Waals surface area contributed by atoms with Crippen LogP contribution in [-0.2, 0) is 6.18 Å². The molecule has 0 aliphatic carbocycles. The second-order valence-electron chi connectivity index (χ2n) is 4.64. The average molecular weight is 353 g/mol. The molecule has 0 saturated heterocycles. The number of alkyl halides is 3. The van der Waals surface area contributed by atoms with Crippen LogP contribution in [0.3, 0.4) is 0 Å². The summed E-state index contributed by atoms with van der Waals surface area (Å²) in [7, 11) is 1.55. The number of nitrogens with one attached hydrogen (secondary N) is 2. The third-order valence-corrected chi connectivity index (χ3v) is 3.17. The number of hydrazone groups is 1. The lowest BCUT2D eigenvalue weighted by Crippen LogP contribution is -2.23. The van der Waals surface area contributed by atoms with Crippen molar-refractivity contribution >= 4 is 29.2 Å². The Morgan fingerprint density at radius 2 is 1.79 bits per heavy atom. The standard InChI is InChI=1S/C16H14F3N3OS/c1-23-14-5-3-2-4-11(14)10-20-22-15(24)21-13-8-6-12(7-9-13)16(17,18)19/h2-10H,1H3,(H2,21,22,24). The first kappa shape index (κ1) is 17.7. The van der Waals surface area contributed by atoms with Gasteiger partial charge in [0.25, 0.3) is 0 Å². The predicted octanol–water partition coefficient (Wildman–Crippen LogP) is 4.03. The molecule has 126 valence electrons. The van der Waals surface area contributed by atoms with Gasteiger partial charge in [0, 0.05) is 11.3 Å². The molecule has 2 rings (SSSR count). The fourth-order valence-corrected chi connectivity index (χ4v) is 2.01. The lowest BCUT2D eigenvalue weighted by atomic mass is 10.2. The number of hydrogen-bond donors (Lipinski definition) is 2. The van der Waals surface area contributed by atoms with Crippen molar-refractivity contribution in [3.8, 4) is 5.75 Å². The van der Waals surface area contributed by atoms with Crippen LogP contribution in [0.1, 0.15) is 11.1 Å². The molecule has 2 aromatic carbocycles. The number of rotatable bonds is 4. The minimum absolute atomic E-state index is 0.154. The van der Waals surface area contributed by atoms with Crippen molar-refractivity contribution in [3.05, 3.63) is 59.7 Å². The Balaban J connectivity index is 1.92. The third-order valence-electron chi connectivity index (χ3n) is 2.98. The molecule has 24 heavy (non-hydrogen) atoms. The highest BCUT2D eigenvalue weighted by molar-refractivity contribution is 7.80. The Kier molecular flexibility index (Phi) is 5.75. The highest BCUT2D eigenvalue weighted by Crippen LogP contribution is 2.29. The molecule has 2 aromatic rings. The molecule has 0 aromatic heterocycles. The second-order valence-corrected chi connectivity index (χ2v) is 5.05. The summed E-state index contributed by atoms with van der Waals surface area (Å²) in [4.78, 5) is 0. The van der Waals surface area contributed by atoms with Crippen LogP contribution >= 0.6 is 12.2 Å². The van der Waals surface area contributed by atoms with E-state index in [1.54, 1.807) is 13.2 Å². The van der Waals surface area contributed by atoms with Gasteiger partial charge in [-0.25, -0.2) is 0 Å². The Morgan fingerprint density at radius 1 is 1.12 bits per heavy atom. The van der Waals surface area contributed by atoms with Crippen molar-refractivity contribution in [2.45, 2.75) is 6.18 Å². The monoisotopic (exact) mass is 353 g/mol. The SMILES string of the molecule is COc1ccccc1C=NNC(=S)Nc1ccc(C(F)(F)F)cc1. The van der Waals surface area contributed by atoms with E-state index in [9.17, 15) is 13.2 Å². The summed E-state index contributed by atoms with van der Waals surface area (Å²) in [6.07, 6.45) is -2.84. The van der Waals surface area contributed by atoms with Crippen molar-refractivity contribution in [2.24, 2.45) is 5.10 Å². The molecule has 0 radical (unpaired) electrons. The van der Waals surface area contributed by atoms with Gasteiger partial charge in [-0.1, -0.05) is 12.1 Å². The van der Waals surface area contributed by atoms with Crippen molar-refractivity contribution in [1.82, 2.24) is 5.43 Å². The van der Waals surface area contributed by atoms with Gasteiger partial charge in [0.15, 0.2) is 5.11 Å². The molecule has 4 nitrogen and oxygen atoms in total. The molecule has 0 heterocycles. The Hall–Kier alpha value is -2.61. The molecular weight excluding hydrogens is 339 g/mol. The molecule has 0 saturated carbocycles. The van der Waals surface area contributed by atoms with E-state index in [-0.39, 0.29) is 5.11 Å². The first-order valence-electron chi connectivity index (χ1n) is 6.80. The lowest BCUT2D eigenvalue weighted by Gasteiger charge is -2.10. The number of halogens is 3. The van der Waals surface area contributed by atoms with E-state index >= 15 is 0 Å². The molecule has 0 atom stereocenters. The van der Waals surface area contributed by atoms with E-state index in [1.165, 1.54) is 18.3 Å². The number of anilines is 1. The minimum Gasteiger partial charge on any atom is -0.496 e. The smallest absolute Gasteiger partial charge is 0.416 e. The summed E-state index contributed by atoms with van der Waals surface area (Å²) in [6, 6.07) is 11.8. The molecule has 0 bridgehead atoms. The van der Waals surface area contributed by atoms with Crippen LogP contribution in [0.25, 0.3) is 0 Å². The summed E-state index contributed by atoms with van der Waals surface area (Å²) in [5.41, 5.74) is 3.05. The zero-order valence-electron chi connectivity index (χ0n) is 12.6. The molecule has 0 aliphatic heterocycles. The summed E-state index contributed by atoms with van der Waals surface area (Å²) in [6.45, 7) is 0. The summed E-state index contributed by atoms with van der Waals surface area (Å²) in [5, 5.41) is 6.86. The largest absolute Gasteiger partial charge is 0.496 e. The zero-order valence-corrected chi connectivity index (χ0v) is 13.4. The topological polar surface area (TPSA) is 45.6 Å². The van der Waals surface area contributed by atoms with Crippen LogP contribution in [0.15, 0.2) is 53.6 Å². The van der Waals surface area contributed by atoms with E-state index in [0.717, 1.165) is 17.7 Å². The first-order valence-corrected chi connectivity index (χ1v) is 7.21. The first-order chi connectivity index (χ1) is 11.4. The van der Waals surface area contributed by atoms with Crippen molar-refractivity contribution < 1.29 is 17.9 Å². The number of hydrogen-bond acceptors (Lipinski definition) is 3. The van der Waals surface area contributed by atoms with Crippen molar-refractivity contribution in [3.63, 3.8) is 0 Å². The van der Waals surface area contributed by atoms with Crippen LogP contribution in [-0.4, -0.2) is 18.4 Å². The van der Waals surface area contributed by atoms with Gasteiger partial charge in [0.05, 0.1) is 18.9 Å². The Bertz CT molecular complexity index is 730. The van der Waals surface area contributed by atoms with Gasteiger partial charge in [-0.15, -0.1) is 0 Å². The van der Waals surface area contributed by atoms with Crippen LogP contribution < -0.4 is 15.5 Å². The number of thiocarbonyl (C=S) groups is 1. The Morgan fingerprint density at radius 3 is 2.42 bits per heavy atom. The maximum atomic E-state index is 12.5. The van der Waals surface area contributed by atoms with Gasteiger partial charge in [0.2, 0.25) is 0 Å². The normalized spacial score (nSPS) is 11.3. The predicted molar refractivity (Wildman–Crippen MR) is 91.4 cm³/mol. The summed E-state index contributed by atoms with van der Waals surface area (Å²) < 4.78 is 42.6. The molecule has 0 spiro atoms. The van der Waals surface area contributed by atoms with Crippen molar-refractivity contribution in [2.75, 3.05) is 12.4 Å². The number of methoxy groups -OCH3 is 1. The number of ether oxygens (including phenoxy) is 1. The van der Waals surface area contributed by atoms with Gasteiger partial charge in [0.1, 0.15) is 5.75 Å². The van der Waals surface area contributed by atoms with Gasteiger partial charge >= 0.3 is 6.18 Å². The van der Waals surface area contributed by atoms with Gasteiger partial charge < -0.3 is 10.1 Å². The maximum Gasteiger partial charge on any atom is 0.416 e.